The van der Waals surface area contributed by atoms with Crippen LogP contribution in [0.3, 0.4) is 0 Å². The van der Waals surface area contributed by atoms with Crippen molar-refractivity contribution in [3.8, 4) is 11.3 Å². The SMILES string of the molecule is COC(=O)c1cc(Cl)c(CN)nc1-c1cccnc1. The van der Waals surface area contributed by atoms with E-state index in [1.54, 1.807) is 24.5 Å². The van der Waals surface area contributed by atoms with Gasteiger partial charge in [0, 0.05) is 24.5 Å². The second kappa shape index (κ2) is 5.77. The van der Waals surface area contributed by atoms with E-state index < -0.39 is 5.97 Å². The van der Waals surface area contributed by atoms with Crippen LogP contribution in [0.1, 0.15) is 16.1 Å². The summed E-state index contributed by atoms with van der Waals surface area (Å²) < 4.78 is 4.74. The van der Waals surface area contributed by atoms with E-state index in [0.717, 1.165) is 0 Å². The molecule has 2 N–H and O–H groups in total. The lowest BCUT2D eigenvalue weighted by Crippen LogP contribution is -2.09. The molecule has 0 aromatic carbocycles. The van der Waals surface area contributed by atoms with Crippen molar-refractivity contribution in [3.05, 3.63) is 46.9 Å². The van der Waals surface area contributed by atoms with E-state index in [2.05, 4.69) is 9.97 Å². The lowest BCUT2D eigenvalue weighted by atomic mass is 10.1. The van der Waals surface area contributed by atoms with Crippen molar-refractivity contribution >= 4 is 17.6 Å². The van der Waals surface area contributed by atoms with Gasteiger partial charge < -0.3 is 10.5 Å². The molecule has 0 radical (unpaired) electrons. The highest BCUT2D eigenvalue weighted by Crippen LogP contribution is 2.26. The molecule has 0 saturated heterocycles. The normalized spacial score (nSPS) is 10.3. The molecule has 98 valence electrons. The minimum atomic E-state index is -0.503. The average molecular weight is 278 g/mol. The minimum Gasteiger partial charge on any atom is -0.465 e. The standard InChI is InChI=1S/C13H12ClN3O2/c1-19-13(18)9-5-10(14)11(6-15)17-12(9)8-3-2-4-16-7-8/h2-5,7H,6,15H2,1H3. The fraction of sp³-hybridized carbons (Fsp3) is 0.154. The molecular formula is C13H12ClN3O2. The number of hydrogen-bond donors (Lipinski definition) is 1. The maximum atomic E-state index is 11.8. The number of aromatic nitrogens is 2. The molecule has 0 bridgehead atoms. The summed E-state index contributed by atoms with van der Waals surface area (Å²) in [7, 11) is 1.31. The minimum absolute atomic E-state index is 0.188. The van der Waals surface area contributed by atoms with Crippen LogP contribution in [0.4, 0.5) is 0 Å². The molecule has 0 aliphatic heterocycles. The molecule has 2 rings (SSSR count). The average Bonchev–Trinajstić information content (AvgIpc) is 2.47. The van der Waals surface area contributed by atoms with Crippen LogP contribution in [-0.4, -0.2) is 23.0 Å². The van der Waals surface area contributed by atoms with Crippen molar-refractivity contribution in [2.45, 2.75) is 6.54 Å². The smallest absolute Gasteiger partial charge is 0.340 e. The number of hydrogen-bond acceptors (Lipinski definition) is 5. The largest absolute Gasteiger partial charge is 0.465 e. The molecule has 0 amide bonds. The Hall–Kier alpha value is -1.98. The Morgan fingerprint density at radius 3 is 2.89 bits per heavy atom. The van der Waals surface area contributed by atoms with Crippen LogP contribution in [0.25, 0.3) is 11.3 Å². The zero-order chi connectivity index (χ0) is 13.8. The first-order chi connectivity index (χ1) is 9.17. The molecule has 2 heterocycles. The molecule has 0 aliphatic carbocycles. The van der Waals surface area contributed by atoms with E-state index in [-0.39, 0.29) is 12.1 Å². The van der Waals surface area contributed by atoms with Crippen LogP contribution in [0.5, 0.6) is 0 Å². The van der Waals surface area contributed by atoms with Crippen molar-refractivity contribution in [2.75, 3.05) is 7.11 Å². The van der Waals surface area contributed by atoms with Gasteiger partial charge in [-0.15, -0.1) is 0 Å². The first-order valence-electron chi connectivity index (χ1n) is 5.55. The number of methoxy groups -OCH3 is 1. The molecule has 0 fully saturated rings. The predicted octanol–water partition coefficient (Wildman–Crippen LogP) is 2.04. The molecule has 0 unspecified atom stereocenters. The number of halogens is 1. The number of nitrogens with zero attached hydrogens (tertiary/aromatic N) is 2. The van der Waals surface area contributed by atoms with Crippen molar-refractivity contribution in [2.24, 2.45) is 5.73 Å². The molecule has 0 atom stereocenters. The van der Waals surface area contributed by atoms with E-state index >= 15 is 0 Å². The monoisotopic (exact) mass is 277 g/mol. The van der Waals surface area contributed by atoms with Gasteiger partial charge in [-0.05, 0) is 18.2 Å². The Morgan fingerprint density at radius 1 is 1.53 bits per heavy atom. The Balaban J connectivity index is 2.66. The number of ether oxygens (including phenoxy) is 1. The summed E-state index contributed by atoms with van der Waals surface area (Å²) in [6.45, 7) is 0.188. The van der Waals surface area contributed by atoms with Crippen LogP contribution >= 0.6 is 11.6 Å². The zero-order valence-corrected chi connectivity index (χ0v) is 11.0. The second-order valence-corrected chi connectivity index (χ2v) is 4.16. The first-order valence-corrected chi connectivity index (χ1v) is 5.93. The number of carbonyl (C=O) groups excluding carboxylic acids is 1. The fourth-order valence-electron chi connectivity index (χ4n) is 1.66. The van der Waals surface area contributed by atoms with Crippen LogP contribution in [0.15, 0.2) is 30.6 Å². The summed E-state index contributed by atoms with van der Waals surface area (Å²) in [4.78, 5) is 20.1. The molecular weight excluding hydrogens is 266 g/mol. The summed E-state index contributed by atoms with van der Waals surface area (Å²) >= 11 is 6.02. The van der Waals surface area contributed by atoms with Crippen LogP contribution < -0.4 is 5.73 Å². The van der Waals surface area contributed by atoms with Crippen molar-refractivity contribution < 1.29 is 9.53 Å². The highest BCUT2D eigenvalue weighted by molar-refractivity contribution is 6.31. The van der Waals surface area contributed by atoms with E-state index in [1.807, 2.05) is 0 Å². The summed E-state index contributed by atoms with van der Waals surface area (Å²) in [6, 6.07) is 5.08. The number of esters is 1. The lowest BCUT2D eigenvalue weighted by molar-refractivity contribution is 0.0601. The van der Waals surface area contributed by atoms with Gasteiger partial charge in [-0.25, -0.2) is 9.78 Å². The third-order valence-corrected chi connectivity index (χ3v) is 2.91. The van der Waals surface area contributed by atoms with Gasteiger partial charge in [0.2, 0.25) is 0 Å². The van der Waals surface area contributed by atoms with Gasteiger partial charge in [-0.1, -0.05) is 11.6 Å². The van der Waals surface area contributed by atoms with Gasteiger partial charge in [0.1, 0.15) is 0 Å². The molecule has 6 heteroatoms. The first kappa shape index (κ1) is 13.5. The van der Waals surface area contributed by atoms with Gasteiger partial charge >= 0.3 is 5.97 Å². The topological polar surface area (TPSA) is 78.1 Å². The van der Waals surface area contributed by atoms with Gasteiger partial charge in [-0.3, -0.25) is 4.98 Å². The molecule has 0 aliphatic rings. The van der Waals surface area contributed by atoms with Gasteiger partial charge in [0.05, 0.1) is 29.1 Å². The van der Waals surface area contributed by atoms with Gasteiger partial charge in [0.25, 0.3) is 0 Å². The molecule has 0 spiro atoms. The number of carbonyl (C=O) groups is 1. The van der Waals surface area contributed by atoms with E-state index in [4.69, 9.17) is 22.1 Å². The Morgan fingerprint density at radius 2 is 2.32 bits per heavy atom. The third kappa shape index (κ3) is 2.72. The van der Waals surface area contributed by atoms with E-state index in [9.17, 15) is 4.79 Å². The van der Waals surface area contributed by atoms with Crippen LogP contribution in [0, 0.1) is 0 Å². The number of pyridine rings is 2. The fourth-order valence-corrected chi connectivity index (χ4v) is 1.89. The van der Waals surface area contributed by atoms with Crippen LogP contribution in [-0.2, 0) is 11.3 Å². The van der Waals surface area contributed by atoms with Crippen LogP contribution in [0.2, 0.25) is 5.02 Å². The quantitative estimate of drug-likeness (QED) is 0.869. The highest BCUT2D eigenvalue weighted by atomic mass is 35.5. The molecule has 5 nitrogen and oxygen atoms in total. The summed E-state index contributed by atoms with van der Waals surface area (Å²) in [5.41, 5.74) is 7.55. The van der Waals surface area contributed by atoms with E-state index in [1.165, 1.54) is 13.2 Å². The lowest BCUT2D eigenvalue weighted by Gasteiger charge is -2.10. The maximum Gasteiger partial charge on any atom is 0.340 e. The Labute approximate surface area is 115 Å². The van der Waals surface area contributed by atoms with Crippen molar-refractivity contribution in [3.63, 3.8) is 0 Å². The second-order valence-electron chi connectivity index (χ2n) is 3.75. The van der Waals surface area contributed by atoms with Gasteiger partial charge in [0.15, 0.2) is 0 Å². The Bertz CT molecular complexity index is 602. The van der Waals surface area contributed by atoms with Crippen molar-refractivity contribution in [1.29, 1.82) is 0 Å². The summed E-state index contributed by atoms with van der Waals surface area (Å²) in [6.07, 6.45) is 3.25. The number of nitrogens with two attached hydrogens (primary N) is 1. The molecule has 19 heavy (non-hydrogen) atoms. The van der Waals surface area contributed by atoms with E-state index in [0.29, 0.717) is 22.0 Å². The highest BCUT2D eigenvalue weighted by Gasteiger charge is 2.18. The molecule has 2 aromatic rings. The summed E-state index contributed by atoms with van der Waals surface area (Å²) in [5, 5.41) is 0.343. The Kier molecular flexibility index (Phi) is 4.09. The predicted molar refractivity (Wildman–Crippen MR) is 71.7 cm³/mol. The summed E-state index contributed by atoms with van der Waals surface area (Å²) in [5.74, 6) is -0.503. The molecule has 0 saturated carbocycles. The van der Waals surface area contributed by atoms with Crippen molar-refractivity contribution in [1.82, 2.24) is 9.97 Å². The number of rotatable bonds is 3. The maximum absolute atomic E-state index is 11.8. The third-order valence-electron chi connectivity index (χ3n) is 2.58. The zero-order valence-electron chi connectivity index (χ0n) is 10.3. The van der Waals surface area contributed by atoms with Gasteiger partial charge in [-0.2, -0.15) is 0 Å². The molecule has 2 aromatic heterocycles.